The quantitative estimate of drug-likeness (QED) is 0.823. The topological polar surface area (TPSA) is 46.2 Å². The molecule has 0 spiro atoms. The SMILES string of the molecule is N[C@@H](c1c(F)cc(Br)cc1F)[C@H](O)C(F)(F)F. The van der Waals surface area contributed by atoms with E-state index in [2.05, 4.69) is 15.9 Å². The molecule has 0 aliphatic heterocycles. The fourth-order valence-corrected chi connectivity index (χ4v) is 1.64. The normalized spacial score (nSPS) is 15.8. The first kappa shape index (κ1) is 14.3. The highest BCUT2D eigenvalue weighted by Gasteiger charge is 2.44. The van der Waals surface area contributed by atoms with E-state index in [-0.39, 0.29) is 4.47 Å². The molecule has 0 fully saturated rings. The van der Waals surface area contributed by atoms with E-state index in [1.807, 2.05) is 0 Å². The first-order valence-electron chi connectivity index (χ1n) is 4.29. The first-order chi connectivity index (χ1) is 7.64. The number of hydrogen-bond donors (Lipinski definition) is 2. The van der Waals surface area contributed by atoms with Crippen molar-refractivity contribution < 1.29 is 27.1 Å². The standard InChI is InChI=1S/C9H7BrF5NO/c10-3-1-4(11)6(5(12)2-3)7(16)8(17)9(13,14)15/h1-2,7-8,17H,16H2/t7-,8-/m0/s1. The summed E-state index contributed by atoms with van der Waals surface area (Å²) in [5.41, 5.74) is 4.01. The predicted octanol–water partition coefficient (Wildman–Crippen LogP) is 2.65. The van der Waals surface area contributed by atoms with E-state index >= 15 is 0 Å². The molecule has 0 aliphatic rings. The van der Waals surface area contributed by atoms with Gasteiger partial charge < -0.3 is 10.8 Å². The molecule has 96 valence electrons. The van der Waals surface area contributed by atoms with Gasteiger partial charge in [0.1, 0.15) is 11.6 Å². The first-order valence-corrected chi connectivity index (χ1v) is 5.08. The summed E-state index contributed by atoms with van der Waals surface area (Å²) in [6.07, 6.45) is -8.08. The molecule has 2 atom stereocenters. The van der Waals surface area contributed by atoms with Crippen molar-refractivity contribution in [2.24, 2.45) is 5.73 Å². The number of aliphatic hydroxyl groups excluding tert-OH is 1. The summed E-state index contributed by atoms with van der Waals surface area (Å²) in [5, 5.41) is 8.83. The van der Waals surface area contributed by atoms with Crippen LogP contribution in [0.4, 0.5) is 22.0 Å². The van der Waals surface area contributed by atoms with Crippen LogP contribution in [0, 0.1) is 11.6 Å². The molecule has 1 rings (SSSR count). The number of halogens is 6. The minimum absolute atomic E-state index is 0.0185. The van der Waals surface area contributed by atoms with Gasteiger partial charge >= 0.3 is 6.18 Å². The monoisotopic (exact) mass is 319 g/mol. The number of rotatable bonds is 2. The maximum Gasteiger partial charge on any atom is 0.416 e. The van der Waals surface area contributed by atoms with Gasteiger partial charge in [0, 0.05) is 10.0 Å². The average Bonchev–Trinajstić information content (AvgIpc) is 2.13. The molecule has 0 heterocycles. The molecule has 0 saturated heterocycles. The fourth-order valence-electron chi connectivity index (χ4n) is 1.23. The van der Waals surface area contributed by atoms with Gasteiger partial charge in [-0.2, -0.15) is 13.2 Å². The zero-order valence-corrected chi connectivity index (χ0v) is 9.69. The van der Waals surface area contributed by atoms with Crippen molar-refractivity contribution in [1.29, 1.82) is 0 Å². The van der Waals surface area contributed by atoms with Crippen LogP contribution in [-0.4, -0.2) is 17.4 Å². The van der Waals surface area contributed by atoms with E-state index in [0.717, 1.165) is 12.1 Å². The highest BCUT2D eigenvalue weighted by Crippen LogP contribution is 2.32. The molecule has 0 saturated carbocycles. The summed E-state index contributed by atoms with van der Waals surface area (Å²) < 4.78 is 63.0. The number of nitrogens with two attached hydrogens (primary N) is 1. The van der Waals surface area contributed by atoms with Crippen LogP contribution in [-0.2, 0) is 0 Å². The summed E-state index contributed by atoms with van der Waals surface area (Å²) in [7, 11) is 0. The van der Waals surface area contributed by atoms with E-state index in [9.17, 15) is 22.0 Å². The number of benzene rings is 1. The van der Waals surface area contributed by atoms with Crippen molar-refractivity contribution in [3.63, 3.8) is 0 Å². The lowest BCUT2D eigenvalue weighted by Gasteiger charge is -2.22. The summed E-state index contributed by atoms with van der Waals surface area (Å²) in [5.74, 6) is -2.51. The molecule has 2 nitrogen and oxygen atoms in total. The van der Waals surface area contributed by atoms with Crippen LogP contribution >= 0.6 is 15.9 Å². The second-order valence-electron chi connectivity index (χ2n) is 3.30. The van der Waals surface area contributed by atoms with Gasteiger partial charge in [-0.05, 0) is 12.1 Å². The Morgan fingerprint density at radius 2 is 1.59 bits per heavy atom. The third kappa shape index (κ3) is 3.14. The summed E-state index contributed by atoms with van der Waals surface area (Å²) in [4.78, 5) is 0. The Labute approximate surface area is 101 Å². The number of aliphatic hydroxyl groups is 1. The lowest BCUT2D eigenvalue weighted by Crippen LogP contribution is -2.39. The average molecular weight is 320 g/mol. The van der Waals surface area contributed by atoms with Gasteiger partial charge in [-0.15, -0.1) is 0 Å². The molecule has 0 aromatic heterocycles. The van der Waals surface area contributed by atoms with Gasteiger partial charge in [-0.25, -0.2) is 8.78 Å². The molecule has 17 heavy (non-hydrogen) atoms. The zero-order chi connectivity index (χ0) is 13.4. The molecule has 1 aromatic carbocycles. The van der Waals surface area contributed by atoms with E-state index < -0.39 is 35.5 Å². The second-order valence-corrected chi connectivity index (χ2v) is 4.21. The van der Waals surface area contributed by atoms with Crippen LogP contribution in [0.1, 0.15) is 11.6 Å². The molecule has 3 N–H and O–H groups in total. The van der Waals surface area contributed by atoms with Gasteiger partial charge in [0.25, 0.3) is 0 Å². The third-order valence-electron chi connectivity index (χ3n) is 2.05. The van der Waals surface area contributed by atoms with E-state index in [1.54, 1.807) is 0 Å². The van der Waals surface area contributed by atoms with Crippen molar-refractivity contribution >= 4 is 15.9 Å². The van der Waals surface area contributed by atoms with Crippen LogP contribution in [0.25, 0.3) is 0 Å². The second kappa shape index (κ2) is 4.87. The van der Waals surface area contributed by atoms with Crippen molar-refractivity contribution in [2.75, 3.05) is 0 Å². The van der Waals surface area contributed by atoms with Crippen molar-refractivity contribution in [3.8, 4) is 0 Å². The molecule has 0 aliphatic carbocycles. The Balaban J connectivity index is 3.17. The van der Waals surface area contributed by atoms with Gasteiger partial charge in [0.05, 0.1) is 6.04 Å². The molecule has 0 bridgehead atoms. The number of alkyl halides is 3. The smallest absolute Gasteiger partial charge is 0.382 e. The zero-order valence-electron chi connectivity index (χ0n) is 8.10. The molecule has 0 radical (unpaired) electrons. The Morgan fingerprint density at radius 3 is 1.94 bits per heavy atom. The van der Waals surface area contributed by atoms with Crippen LogP contribution in [0.5, 0.6) is 0 Å². The number of hydrogen-bond acceptors (Lipinski definition) is 2. The Kier molecular flexibility index (Phi) is 4.11. The van der Waals surface area contributed by atoms with E-state index in [1.165, 1.54) is 0 Å². The Bertz CT molecular complexity index is 399. The van der Waals surface area contributed by atoms with Crippen molar-refractivity contribution in [2.45, 2.75) is 18.3 Å². The molecular weight excluding hydrogens is 313 g/mol. The van der Waals surface area contributed by atoms with Crippen LogP contribution in [0.3, 0.4) is 0 Å². The summed E-state index contributed by atoms with van der Waals surface area (Å²) in [6.45, 7) is 0. The maximum absolute atomic E-state index is 13.3. The van der Waals surface area contributed by atoms with Crippen molar-refractivity contribution in [3.05, 3.63) is 33.8 Å². The van der Waals surface area contributed by atoms with Crippen LogP contribution in [0.2, 0.25) is 0 Å². The lowest BCUT2D eigenvalue weighted by atomic mass is 10.0. The van der Waals surface area contributed by atoms with Gasteiger partial charge in [-0.3, -0.25) is 0 Å². The van der Waals surface area contributed by atoms with E-state index in [4.69, 9.17) is 10.8 Å². The van der Waals surface area contributed by atoms with Crippen LogP contribution in [0.15, 0.2) is 16.6 Å². The highest BCUT2D eigenvalue weighted by molar-refractivity contribution is 9.10. The Hall–Kier alpha value is -0.730. The molecular formula is C9H7BrF5NO. The van der Waals surface area contributed by atoms with Gasteiger partial charge in [0.15, 0.2) is 6.10 Å². The summed E-state index contributed by atoms with van der Waals surface area (Å²) in [6, 6.07) is -0.689. The fraction of sp³-hybridized carbons (Fsp3) is 0.333. The van der Waals surface area contributed by atoms with Crippen molar-refractivity contribution in [1.82, 2.24) is 0 Å². The minimum atomic E-state index is -5.05. The third-order valence-corrected chi connectivity index (χ3v) is 2.51. The molecule has 8 heteroatoms. The van der Waals surface area contributed by atoms with E-state index in [0.29, 0.717) is 0 Å². The van der Waals surface area contributed by atoms with Gasteiger partial charge in [0.2, 0.25) is 0 Å². The maximum atomic E-state index is 13.3. The minimum Gasteiger partial charge on any atom is -0.382 e. The Morgan fingerprint density at radius 1 is 1.18 bits per heavy atom. The molecule has 0 amide bonds. The lowest BCUT2D eigenvalue weighted by molar-refractivity contribution is -0.210. The predicted molar refractivity (Wildman–Crippen MR) is 53.0 cm³/mol. The summed E-state index contributed by atoms with van der Waals surface area (Å²) >= 11 is 2.77. The molecule has 1 aromatic rings. The van der Waals surface area contributed by atoms with Crippen LogP contribution < -0.4 is 5.73 Å². The van der Waals surface area contributed by atoms with Gasteiger partial charge in [-0.1, -0.05) is 15.9 Å². The highest BCUT2D eigenvalue weighted by atomic mass is 79.9. The largest absolute Gasteiger partial charge is 0.416 e. The molecule has 0 unspecified atom stereocenters.